The summed E-state index contributed by atoms with van der Waals surface area (Å²) in [6, 6.07) is 17.3. The number of hydrogen-bond acceptors (Lipinski definition) is 2. The number of carboxylic acid groups (broad SMARTS) is 1. The first-order valence-electron chi connectivity index (χ1n) is 6.33. The molecule has 0 aliphatic rings. The van der Waals surface area contributed by atoms with Gasteiger partial charge in [0.25, 0.3) is 0 Å². The van der Waals surface area contributed by atoms with Crippen LogP contribution in [0.4, 0.5) is 0 Å². The van der Waals surface area contributed by atoms with Crippen molar-refractivity contribution in [3.8, 4) is 5.75 Å². The number of carboxylic acids is 1. The van der Waals surface area contributed by atoms with Crippen LogP contribution in [0.3, 0.4) is 0 Å². The van der Waals surface area contributed by atoms with E-state index in [-0.39, 0.29) is 70.3 Å². The molecule has 0 radical (unpaired) electrons. The van der Waals surface area contributed by atoms with Gasteiger partial charge < -0.3 is 11.3 Å². The van der Waals surface area contributed by atoms with Crippen LogP contribution in [-0.2, 0) is 11.4 Å². The van der Waals surface area contributed by atoms with E-state index in [0.29, 0.717) is 12.2 Å². The summed E-state index contributed by atoms with van der Waals surface area (Å²) in [7, 11) is 0. The van der Waals surface area contributed by atoms with Crippen molar-refractivity contribution in [3.05, 3.63) is 71.3 Å². The van der Waals surface area contributed by atoms with Crippen LogP contribution in [0.25, 0.3) is 6.08 Å². The predicted octanol–water partition coefficient (Wildman–Crippen LogP) is 0.870. The van der Waals surface area contributed by atoms with Gasteiger partial charge in [0.05, 0.1) is 0 Å². The Bertz CT molecular complexity index is 610. The number of hydrogen-bond donors (Lipinski definition) is 1. The SMILES string of the molecule is CC(=Cc1ccc(OCc2ccccc2)cc1)C(=O)O.[Cs+].[H-]. The molecular weight excluding hydrogens is 385 g/mol. The van der Waals surface area contributed by atoms with Crippen LogP contribution >= 0.6 is 0 Å². The van der Waals surface area contributed by atoms with E-state index in [1.807, 2.05) is 54.6 Å². The molecule has 2 rings (SSSR count). The smallest absolute Gasteiger partial charge is 1.00 e. The van der Waals surface area contributed by atoms with Gasteiger partial charge in [-0.2, -0.15) is 0 Å². The number of rotatable bonds is 5. The van der Waals surface area contributed by atoms with Crippen LogP contribution < -0.4 is 73.6 Å². The monoisotopic (exact) mass is 402 g/mol. The van der Waals surface area contributed by atoms with Crippen LogP contribution in [-0.4, -0.2) is 11.1 Å². The fraction of sp³-hybridized carbons (Fsp3) is 0.118. The summed E-state index contributed by atoms with van der Waals surface area (Å²) in [4.78, 5) is 10.7. The van der Waals surface area contributed by atoms with Crippen molar-refractivity contribution >= 4 is 12.0 Å². The van der Waals surface area contributed by atoms with E-state index < -0.39 is 5.97 Å². The number of benzene rings is 2. The van der Waals surface area contributed by atoms with Crippen molar-refractivity contribution < 1.29 is 85.0 Å². The van der Waals surface area contributed by atoms with Crippen molar-refractivity contribution in [2.75, 3.05) is 0 Å². The van der Waals surface area contributed by atoms with Crippen LogP contribution in [0.15, 0.2) is 60.2 Å². The minimum absolute atomic E-state index is 0. The molecule has 3 nitrogen and oxygen atoms in total. The van der Waals surface area contributed by atoms with Crippen molar-refractivity contribution in [2.45, 2.75) is 13.5 Å². The van der Waals surface area contributed by atoms with E-state index in [1.165, 1.54) is 0 Å². The molecule has 0 aromatic heterocycles. The normalized spacial score (nSPS) is 10.6. The minimum Gasteiger partial charge on any atom is -1.00 e. The molecule has 0 saturated carbocycles. The van der Waals surface area contributed by atoms with Gasteiger partial charge in [-0.25, -0.2) is 4.79 Å². The van der Waals surface area contributed by atoms with Crippen molar-refractivity contribution in [2.24, 2.45) is 0 Å². The van der Waals surface area contributed by atoms with E-state index in [2.05, 4.69) is 0 Å². The number of ether oxygens (including phenoxy) is 1. The molecule has 0 saturated heterocycles. The van der Waals surface area contributed by atoms with Gasteiger partial charge in [-0.1, -0.05) is 42.5 Å². The van der Waals surface area contributed by atoms with Crippen LogP contribution in [0.1, 0.15) is 19.5 Å². The molecule has 0 heterocycles. The summed E-state index contributed by atoms with van der Waals surface area (Å²) >= 11 is 0. The second kappa shape index (κ2) is 9.51. The third-order valence-corrected chi connectivity index (χ3v) is 2.85. The quantitative estimate of drug-likeness (QED) is 0.756. The molecule has 21 heavy (non-hydrogen) atoms. The van der Waals surface area contributed by atoms with Crippen LogP contribution in [0, 0.1) is 0 Å². The Hall–Kier alpha value is -0.498. The topological polar surface area (TPSA) is 46.5 Å². The third-order valence-electron chi connectivity index (χ3n) is 2.85. The first-order valence-corrected chi connectivity index (χ1v) is 6.33. The number of aliphatic carboxylic acids is 1. The van der Waals surface area contributed by atoms with Gasteiger partial charge in [-0.3, -0.25) is 0 Å². The number of carbonyl (C=O) groups is 1. The zero-order valence-corrected chi connectivity index (χ0v) is 18.5. The molecule has 1 N–H and O–H groups in total. The molecule has 2 aromatic carbocycles. The average Bonchev–Trinajstić information content (AvgIpc) is 2.47. The summed E-state index contributed by atoms with van der Waals surface area (Å²) in [6.07, 6.45) is 1.63. The summed E-state index contributed by atoms with van der Waals surface area (Å²) < 4.78 is 5.66. The summed E-state index contributed by atoms with van der Waals surface area (Å²) in [5, 5.41) is 8.82. The molecule has 0 amide bonds. The molecule has 0 unspecified atom stereocenters. The Labute approximate surface area is 184 Å². The van der Waals surface area contributed by atoms with Crippen LogP contribution in [0.2, 0.25) is 0 Å². The summed E-state index contributed by atoms with van der Waals surface area (Å²) in [5.41, 5.74) is 2.26. The molecule has 0 fully saturated rings. The van der Waals surface area contributed by atoms with E-state index >= 15 is 0 Å². The largest absolute Gasteiger partial charge is 1.00 e. The fourth-order valence-electron chi connectivity index (χ4n) is 1.71. The zero-order chi connectivity index (χ0) is 14.4. The predicted molar refractivity (Wildman–Crippen MR) is 79.6 cm³/mol. The van der Waals surface area contributed by atoms with Gasteiger partial charge in [0.2, 0.25) is 0 Å². The Morgan fingerprint density at radius 1 is 1.14 bits per heavy atom. The summed E-state index contributed by atoms with van der Waals surface area (Å²) in [5.74, 6) is -0.145. The van der Waals surface area contributed by atoms with Gasteiger partial charge >= 0.3 is 74.9 Å². The second-order valence-electron chi connectivity index (χ2n) is 4.48. The fourth-order valence-corrected chi connectivity index (χ4v) is 1.71. The van der Waals surface area contributed by atoms with Crippen molar-refractivity contribution in [1.82, 2.24) is 0 Å². The summed E-state index contributed by atoms with van der Waals surface area (Å²) in [6.45, 7) is 2.09. The Morgan fingerprint density at radius 2 is 1.76 bits per heavy atom. The minimum atomic E-state index is -0.908. The molecule has 0 spiro atoms. The van der Waals surface area contributed by atoms with Gasteiger partial charge in [0.1, 0.15) is 12.4 Å². The Balaban J connectivity index is 0.00000220. The van der Waals surface area contributed by atoms with Crippen LogP contribution in [0.5, 0.6) is 5.75 Å². The molecule has 0 aliphatic heterocycles. The molecule has 2 aromatic rings. The van der Waals surface area contributed by atoms with E-state index in [1.54, 1.807) is 13.0 Å². The molecule has 0 atom stereocenters. The van der Waals surface area contributed by atoms with E-state index in [9.17, 15) is 4.79 Å². The molecular formula is C17H17CsO3. The average molecular weight is 402 g/mol. The molecule has 104 valence electrons. The maximum Gasteiger partial charge on any atom is 1.00 e. The maximum absolute atomic E-state index is 10.7. The first-order chi connectivity index (χ1) is 9.65. The van der Waals surface area contributed by atoms with E-state index in [0.717, 1.165) is 16.9 Å². The van der Waals surface area contributed by atoms with E-state index in [4.69, 9.17) is 9.84 Å². The molecule has 0 bridgehead atoms. The van der Waals surface area contributed by atoms with Crippen molar-refractivity contribution in [3.63, 3.8) is 0 Å². The standard InChI is InChI=1S/C17H16O3.Cs.H/c1-13(17(18)19)11-14-7-9-16(10-8-14)20-12-15-5-3-2-4-6-15;;/h2-11H,12H2,1H3,(H,18,19);;/q;+1;-1. The van der Waals surface area contributed by atoms with Gasteiger partial charge in [-0.05, 0) is 36.3 Å². The van der Waals surface area contributed by atoms with Gasteiger partial charge in [-0.15, -0.1) is 0 Å². The maximum atomic E-state index is 10.7. The van der Waals surface area contributed by atoms with Gasteiger partial charge in [0, 0.05) is 5.57 Å². The first kappa shape index (κ1) is 18.6. The van der Waals surface area contributed by atoms with Gasteiger partial charge in [0.15, 0.2) is 0 Å². The molecule has 4 heteroatoms. The molecule has 0 aliphatic carbocycles. The Kier molecular flexibility index (Phi) is 8.40. The second-order valence-corrected chi connectivity index (χ2v) is 4.48. The third kappa shape index (κ3) is 6.42. The Morgan fingerprint density at radius 3 is 2.33 bits per heavy atom. The van der Waals surface area contributed by atoms with Crippen molar-refractivity contribution in [1.29, 1.82) is 0 Å². The zero-order valence-electron chi connectivity index (χ0n) is 13.2.